The number of ether oxygens (including phenoxy) is 1. The maximum atomic E-state index is 11.5. The molecule has 0 aliphatic rings. The third-order valence-electron chi connectivity index (χ3n) is 2.14. The van der Waals surface area contributed by atoms with Crippen LogP contribution in [0.25, 0.3) is 0 Å². The van der Waals surface area contributed by atoms with Gasteiger partial charge in [-0.2, -0.15) is 0 Å². The number of carboxylic acid groups (broad SMARTS) is 1. The van der Waals surface area contributed by atoms with Crippen LogP contribution in [0.15, 0.2) is 23.1 Å². The van der Waals surface area contributed by atoms with E-state index in [9.17, 15) is 13.2 Å². The van der Waals surface area contributed by atoms with Crippen LogP contribution in [0.3, 0.4) is 0 Å². The molecule has 88 valence electrons. The van der Waals surface area contributed by atoms with Crippen LogP contribution in [0, 0.1) is 0 Å². The quantitative estimate of drug-likeness (QED) is 0.860. The monoisotopic (exact) mass is 244 g/mol. The first-order valence-corrected chi connectivity index (χ1v) is 6.21. The first-order valence-electron chi connectivity index (χ1n) is 4.56. The lowest BCUT2D eigenvalue weighted by atomic mass is 10.2. The van der Waals surface area contributed by atoms with Crippen molar-refractivity contribution in [2.24, 2.45) is 0 Å². The smallest absolute Gasteiger partial charge is 0.339 e. The Morgan fingerprint density at radius 1 is 1.44 bits per heavy atom. The second kappa shape index (κ2) is 4.52. The molecule has 0 saturated heterocycles. The Bertz CT molecular complexity index is 504. The van der Waals surface area contributed by atoms with E-state index in [1.54, 1.807) is 0 Å². The van der Waals surface area contributed by atoms with Crippen LogP contribution in [-0.4, -0.2) is 32.4 Å². The fourth-order valence-corrected chi connectivity index (χ4v) is 2.12. The highest BCUT2D eigenvalue weighted by Gasteiger charge is 2.17. The van der Waals surface area contributed by atoms with Gasteiger partial charge in [-0.15, -0.1) is 0 Å². The predicted octanol–water partition coefficient (Wildman–Crippen LogP) is 1.19. The van der Waals surface area contributed by atoms with Crippen molar-refractivity contribution >= 4 is 15.8 Å². The zero-order chi connectivity index (χ0) is 12.3. The van der Waals surface area contributed by atoms with Gasteiger partial charge in [-0.25, -0.2) is 13.2 Å². The van der Waals surface area contributed by atoms with E-state index in [0.29, 0.717) is 0 Å². The van der Waals surface area contributed by atoms with Gasteiger partial charge in [0.1, 0.15) is 11.3 Å². The molecular formula is C10H12O5S. The molecule has 0 heterocycles. The Morgan fingerprint density at radius 3 is 2.50 bits per heavy atom. The third-order valence-corrected chi connectivity index (χ3v) is 3.87. The van der Waals surface area contributed by atoms with Gasteiger partial charge in [0.15, 0.2) is 9.84 Å². The highest BCUT2D eigenvalue weighted by Crippen LogP contribution is 2.22. The number of carboxylic acids is 1. The summed E-state index contributed by atoms with van der Waals surface area (Å²) < 4.78 is 27.9. The molecule has 0 aliphatic carbocycles. The molecule has 0 fully saturated rings. The molecule has 1 aromatic rings. The van der Waals surface area contributed by atoms with E-state index in [2.05, 4.69) is 0 Å². The second-order valence-electron chi connectivity index (χ2n) is 3.07. The number of hydrogen-bond acceptors (Lipinski definition) is 4. The standard InChI is InChI=1S/C10H12O5S/c1-3-16(13,14)7-4-5-9(15-2)8(6-7)10(11)12/h4-6H,3H2,1-2H3,(H,11,12). The van der Waals surface area contributed by atoms with Gasteiger partial charge in [0.05, 0.1) is 17.8 Å². The molecule has 5 nitrogen and oxygen atoms in total. The van der Waals surface area contributed by atoms with Crippen LogP contribution in [0.4, 0.5) is 0 Å². The molecule has 0 unspecified atom stereocenters. The summed E-state index contributed by atoms with van der Waals surface area (Å²) in [6.45, 7) is 1.50. The largest absolute Gasteiger partial charge is 0.496 e. The Morgan fingerprint density at radius 2 is 2.06 bits per heavy atom. The normalized spacial score (nSPS) is 11.1. The molecule has 0 aliphatic heterocycles. The fourth-order valence-electron chi connectivity index (χ4n) is 1.21. The first-order chi connectivity index (χ1) is 7.42. The molecule has 1 aromatic carbocycles. The fraction of sp³-hybridized carbons (Fsp3) is 0.300. The number of sulfone groups is 1. The predicted molar refractivity (Wildman–Crippen MR) is 57.7 cm³/mol. The van der Waals surface area contributed by atoms with Crippen molar-refractivity contribution in [3.63, 3.8) is 0 Å². The molecule has 16 heavy (non-hydrogen) atoms. The minimum Gasteiger partial charge on any atom is -0.496 e. The van der Waals surface area contributed by atoms with Gasteiger partial charge < -0.3 is 9.84 Å². The molecule has 0 amide bonds. The van der Waals surface area contributed by atoms with E-state index in [-0.39, 0.29) is 22.0 Å². The first kappa shape index (κ1) is 12.5. The Kier molecular flexibility index (Phi) is 3.54. The lowest BCUT2D eigenvalue weighted by Crippen LogP contribution is -2.07. The van der Waals surface area contributed by atoms with Gasteiger partial charge in [-0.05, 0) is 18.2 Å². The van der Waals surface area contributed by atoms with Crippen molar-refractivity contribution in [3.8, 4) is 5.75 Å². The zero-order valence-electron chi connectivity index (χ0n) is 8.93. The molecular weight excluding hydrogens is 232 g/mol. The average molecular weight is 244 g/mol. The van der Waals surface area contributed by atoms with Crippen molar-refractivity contribution in [3.05, 3.63) is 23.8 Å². The van der Waals surface area contributed by atoms with Crippen LogP contribution in [-0.2, 0) is 9.84 Å². The van der Waals surface area contributed by atoms with Crippen LogP contribution < -0.4 is 4.74 Å². The number of rotatable bonds is 4. The molecule has 1 rings (SSSR count). The summed E-state index contributed by atoms with van der Waals surface area (Å²) in [5, 5.41) is 8.88. The number of hydrogen-bond donors (Lipinski definition) is 1. The molecule has 0 radical (unpaired) electrons. The van der Waals surface area contributed by atoms with Gasteiger partial charge in [-0.1, -0.05) is 6.92 Å². The van der Waals surface area contributed by atoms with E-state index in [1.165, 1.54) is 26.2 Å². The Labute approximate surface area is 93.6 Å². The molecule has 0 spiro atoms. The number of benzene rings is 1. The molecule has 0 saturated carbocycles. The Balaban J connectivity index is 3.39. The summed E-state index contributed by atoms with van der Waals surface area (Å²) in [5.41, 5.74) is -0.156. The number of aromatic carboxylic acids is 1. The second-order valence-corrected chi connectivity index (χ2v) is 5.35. The molecule has 0 atom stereocenters. The highest BCUT2D eigenvalue weighted by molar-refractivity contribution is 7.91. The minimum absolute atomic E-state index is 0.00630. The van der Waals surface area contributed by atoms with Gasteiger partial charge in [0.25, 0.3) is 0 Å². The van der Waals surface area contributed by atoms with Gasteiger partial charge in [-0.3, -0.25) is 0 Å². The summed E-state index contributed by atoms with van der Waals surface area (Å²) in [4.78, 5) is 10.9. The van der Waals surface area contributed by atoms with E-state index in [1.807, 2.05) is 0 Å². The maximum absolute atomic E-state index is 11.5. The topological polar surface area (TPSA) is 80.7 Å². The average Bonchev–Trinajstić information content (AvgIpc) is 2.28. The number of methoxy groups -OCH3 is 1. The lowest BCUT2D eigenvalue weighted by molar-refractivity contribution is 0.0693. The summed E-state index contributed by atoms with van der Waals surface area (Å²) >= 11 is 0. The Hall–Kier alpha value is -1.56. The van der Waals surface area contributed by atoms with E-state index >= 15 is 0 Å². The zero-order valence-corrected chi connectivity index (χ0v) is 9.74. The van der Waals surface area contributed by atoms with Crippen LogP contribution >= 0.6 is 0 Å². The van der Waals surface area contributed by atoms with Crippen LogP contribution in [0.5, 0.6) is 5.75 Å². The summed E-state index contributed by atoms with van der Waals surface area (Å²) in [6, 6.07) is 3.79. The van der Waals surface area contributed by atoms with Crippen molar-refractivity contribution in [2.75, 3.05) is 12.9 Å². The molecule has 0 bridgehead atoms. The van der Waals surface area contributed by atoms with E-state index in [4.69, 9.17) is 9.84 Å². The van der Waals surface area contributed by atoms with Crippen molar-refractivity contribution < 1.29 is 23.1 Å². The van der Waals surface area contributed by atoms with E-state index in [0.717, 1.165) is 6.07 Å². The molecule has 1 N–H and O–H groups in total. The lowest BCUT2D eigenvalue weighted by Gasteiger charge is -2.07. The van der Waals surface area contributed by atoms with Crippen molar-refractivity contribution in [2.45, 2.75) is 11.8 Å². The summed E-state index contributed by atoms with van der Waals surface area (Å²) in [6.07, 6.45) is 0. The number of carbonyl (C=O) groups is 1. The van der Waals surface area contributed by atoms with Crippen molar-refractivity contribution in [1.29, 1.82) is 0 Å². The van der Waals surface area contributed by atoms with Gasteiger partial charge in [0, 0.05) is 0 Å². The molecule has 6 heteroatoms. The van der Waals surface area contributed by atoms with Gasteiger partial charge >= 0.3 is 5.97 Å². The SMILES string of the molecule is CCS(=O)(=O)c1ccc(OC)c(C(=O)O)c1. The maximum Gasteiger partial charge on any atom is 0.339 e. The third kappa shape index (κ3) is 2.33. The highest BCUT2D eigenvalue weighted by atomic mass is 32.2. The molecule has 0 aromatic heterocycles. The summed E-state index contributed by atoms with van der Waals surface area (Å²) in [5.74, 6) is -1.15. The summed E-state index contributed by atoms with van der Waals surface area (Å²) in [7, 11) is -2.07. The van der Waals surface area contributed by atoms with Gasteiger partial charge in [0.2, 0.25) is 0 Å². The van der Waals surface area contributed by atoms with E-state index < -0.39 is 15.8 Å². The minimum atomic E-state index is -3.40. The van der Waals surface area contributed by atoms with Crippen LogP contribution in [0.1, 0.15) is 17.3 Å². The van der Waals surface area contributed by atoms with Crippen LogP contribution in [0.2, 0.25) is 0 Å². The van der Waals surface area contributed by atoms with Crippen molar-refractivity contribution in [1.82, 2.24) is 0 Å².